The summed E-state index contributed by atoms with van der Waals surface area (Å²) >= 11 is 1.28. The van der Waals surface area contributed by atoms with Gasteiger partial charge in [0, 0.05) is 12.1 Å². The highest BCUT2D eigenvalue weighted by Crippen LogP contribution is 2.25. The van der Waals surface area contributed by atoms with E-state index in [1.54, 1.807) is 27.6 Å². The van der Waals surface area contributed by atoms with E-state index in [4.69, 9.17) is 4.98 Å². The molecule has 0 saturated heterocycles. The van der Waals surface area contributed by atoms with E-state index in [0.717, 1.165) is 11.1 Å². The molecule has 1 atom stereocenters. The summed E-state index contributed by atoms with van der Waals surface area (Å²) in [5.41, 5.74) is 2.66. The minimum atomic E-state index is -0.474. The van der Waals surface area contributed by atoms with Gasteiger partial charge in [-0.05, 0) is 45.4 Å². The van der Waals surface area contributed by atoms with Gasteiger partial charge in [-0.3, -0.25) is 14.2 Å². The number of thioether (sulfide) groups is 1. The second-order valence-corrected chi connectivity index (χ2v) is 9.60. The molecular formula is C25H27N5O2S. The summed E-state index contributed by atoms with van der Waals surface area (Å²) in [4.78, 5) is 31.0. The van der Waals surface area contributed by atoms with Gasteiger partial charge >= 0.3 is 0 Å². The van der Waals surface area contributed by atoms with Gasteiger partial charge in [0.25, 0.3) is 5.56 Å². The van der Waals surface area contributed by atoms with Crippen molar-refractivity contribution in [2.75, 3.05) is 5.32 Å². The van der Waals surface area contributed by atoms with Crippen molar-refractivity contribution >= 4 is 34.4 Å². The molecule has 7 nitrogen and oxygen atoms in total. The minimum absolute atomic E-state index is 0.117. The Morgan fingerprint density at radius 1 is 1.06 bits per heavy atom. The fraction of sp³-hybridized carbons (Fsp3) is 0.280. The van der Waals surface area contributed by atoms with Gasteiger partial charge in [-0.15, -0.1) is 0 Å². The van der Waals surface area contributed by atoms with Crippen LogP contribution in [0, 0.1) is 6.92 Å². The third-order valence-electron chi connectivity index (χ3n) is 5.35. The minimum Gasteiger partial charge on any atom is -0.310 e. The number of anilines is 1. The lowest BCUT2D eigenvalue weighted by atomic mass is 10.1. The Morgan fingerprint density at radius 2 is 1.79 bits per heavy atom. The van der Waals surface area contributed by atoms with E-state index in [0.29, 0.717) is 28.4 Å². The maximum Gasteiger partial charge on any atom is 0.262 e. The van der Waals surface area contributed by atoms with Crippen molar-refractivity contribution in [1.29, 1.82) is 0 Å². The Morgan fingerprint density at radius 3 is 2.52 bits per heavy atom. The number of benzene rings is 2. The average Bonchev–Trinajstić information content (AvgIpc) is 3.26. The molecule has 1 amide bonds. The number of aromatic nitrogens is 4. The number of para-hydroxylation sites is 1. The number of nitrogens with one attached hydrogen (secondary N) is 1. The van der Waals surface area contributed by atoms with E-state index in [1.807, 2.05) is 70.2 Å². The first-order chi connectivity index (χ1) is 15.8. The van der Waals surface area contributed by atoms with Crippen LogP contribution in [0.4, 0.5) is 5.82 Å². The zero-order valence-electron chi connectivity index (χ0n) is 19.1. The average molecular weight is 462 g/mol. The molecule has 0 fully saturated rings. The quantitative estimate of drug-likeness (QED) is 0.320. The van der Waals surface area contributed by atoms with Gasteiger partial charge in [0.15, 0.2) is 5.16 Å². The van der Waals surface area contributed by atoms with Crippen LogP contribution in [0.25, 0.3) is 10.9 Å². The topological polar surface area (TPSA) is 81.8 Å². The number of fused-ring (bicyclic) bond motifs is 1. The van der Waals surface area contributed by atoms with Gasteiger partial charge in [0.05, 0.1) is 28.9 Å². The summed E-state index contributed by atoms with van der Waals surface area (Å²) in [6, 6.07) is 17.3. The van der Waals surface area contributed by atoms with Crippen LogP contribution in [0.5, 0.6) is 0 Å². The van der Waals surface area contributed by atoms with E-state index in [2.05, 4.69) is 10.4 Å². The van der Waals surface area contributed by atoms with E-state index in [-0.39, 0.29) is 17.5 Å². The van der Waals surface area contributed by atoms with Gasteiger partial charge in [0.1, 0.15) is 5.82 Å². The smallest absolute Gasteiger partial charge is 0.262 e. The molecule has 8 heteroatoms. The lowest BCUT2D eigenvalue weighted by Gasteiger charge is -2.17. The third kappa shape index (κ3) is 5.01. The maximum absolute atomic E-state index is 13.3. The number of hydrogen-bond donors (Lipinski definition) is 1. The molecule has 33 heavy (non-hydrogen) atoms. The van der Waals surface area contributed by atoms with Gasteiger partial charge in [-0.2, -0.15) is 5.10 Å². The van der Waals surface area contributed by atoms with Crippen molar-refractivity contribution in [3.05, 3.63) is 82.3 Å². The highest BCUT2D eigenvalue weighted by Gasteiger charge is 2.21. The Balaban J connectivity index is 1.65. The van der Waals surface area contributed by atoms with E-state index in [1.165, 1.54) is 11.8 Å². The first-order valence-electron chi connectivity index (χ1n) is 10.9. The molecule has 1 unspecified atom stereocenters. The SMILES string of the molecule is Cc1ccc(Cn2c(SC(C)C(=O)Nc3ccnn3C(C)C)nc3ccccc3c2=O)cc1. The predicted molar refractivity (Wildman–Crippen MR) is 133 cm³/mol. The van der Waals surface area contributed by atoms with Crippen LogP contribution < -0.4 is 10.9 Å². The molecule has 4 rings (SSSR count). The van der Waals surface area contributed by atoms with Gasteiger partial charge in [0.2, 0.25) is 5.91 Å². The number of rotatable bonds is 7. The second-order valence-electron chi connectivity index (χ2n) is 8.29. The molecule has 2 aromatic heterocycles. The molecule has 0 radical (unpaired) electrons. The number of aryl methyl sites for hydroxylation is 1. The summed E-state index contributed by atoms with van der Waals surface area (Å²) in [6.45, 7) is 8.23. The molecule has 0 spiro atoms. The lowest BCUT2D eigenvalue weighted by molar-refractivity contribution is -0.115. The highest BCUT2D eigenvalue weighted by molar-refractivity contribution is 8.00. The Bertz CT molecular complexity index is 1340. The molecule has 0 aliphatic carbocycles. The van der Waals surface area contributed by atoms with E-state index in [9.17, 15) is 9.59 Å². The van der Waals surface area contributed by atoms with Crippen molar-refractivity contribution < 1.29 is 4.79 Å². The summed E-state index contributed by atoms with van der Waals surface area (Å²) in [6.07, 6.45) is 1.66. The highest BCUT2D eigenvalue weighted by atomic mass is 32.2. The Labute approximate surface area is 196 Å². The maximum atomic E-state index is 13.3. The Hall–Kier alpha value is -3.39. The van der Waals surface area contributed by atoms with Gasteiger partial charge < -0.3 is 5.32 Å². The molecule has 0 aliphatic heterocycles. The van der Waals surface area contributed by atoms with Crippen LogP contribution in [-0.2, 0) is 11.3 Å². The molecule has 170 valence electrons. The normalized spacial score (nSPS) is 12.3. The van der Waals surface area contributed by atoms with E-state index >= 15 is 0 Å². The zero-order chi connectivity index (χ0) is 23.5. The number of amides is 1. The van der Waals surface area contributed by atoms with Crippen LogP contribution in [0.1, 0.15) is 37.9 Å². The number of carbonyl (C=O) groups excluding carboxylic acids is 1. The molecule has 0 saturated carbocycles. The first-order valence-corrected chi connectivity index (χ1v) is 11.8. The van der Waals surface area contributed by atoms with Gasteiger partial charge in [-0.25, -0.2) is 9.67 Å². The van der Waals surface area contributed by atoms with Crippen LogP contribution in [0.2, 0.25) is 0 Å². The number of carbonyl (C=O) groups is 1. The number of hydrogen-bond acceptors (Lipinski definition) is 5. The van der Waals surface area contributed by atoms with Crippen LogP contribution in [0.15, 0.2) is 70.7 Å². The van der Waals surface area contributed by atoms with Crippen molar-refractivity contribution in [1.82, 2.24) is 19.3 Å². The van der Waals surface area contributed by atoms with E-state index < -0.39 is 5.25 Å². The molecule has 0 bridgehead atoms. The molecular weight excluding hydrogens is 434 g/mol. The van der Waals surface area contributed by atoms with Crippen molar-refractivity contribution in [2.45, 2.75) is 50.7 Å². The van der Waals surface area contributed by atoms with Crippen molar-refractivity contribution in [3.63, 3.8) is 0 Å². The molecule has 4 aromatic rings. The monoisotopic (exact) mass is 461 g/mol. The lowest BCUT2D eigenvalue weighted by Crippen LogP contribution is -2.28. The molecule has 1 N–H and O–H groups in total. The summed E-state index contributed by atoms with van der Waals surface area (Å²) in [5, 5.41) is 7.81. The van der Waals surface area contributed by atoms with Crippen molar-refractivity contribution in [2.24, 2.45) is 0 Å². The summed E-state index contributed by atoms with van der Waals surface area (Å²) < 4.78 is 3.41. The molecule has 2 aromatic carbocycles. The standard InChI is InChI=1S/C25H27N5O2S/c1-16(2)30-22(13-14-26-30)28-23(31)18(4)33-25-27-21-8-6-5-7-20(21)24(32)29(25)15-19-11-9-17(3)10-12-19/h5-14,16,18H,15H2,1-4H3,(H,28,31). The molecule has 0 aliphatic rings. The zero-order valence-corrected chi connectivity index (χ0v) is 20.0. The second kappa shape index (κ2) is 9.62. The van der Waals surface area contributed by atoms with Crippen LogP contribution >= 0.6 is 11.8 Å². The van der Waals surface area contributed by atoms with Crippen LogP contribution in [0.3, 0.4) is 0 Å². The predicted octanol–water partition coefficient (Wildman–Crippen LogP) is 4.65. The summed E-state index contributed by atoms with van der Waals surface area (Å²) in [5.74, 6) is 0.470. The summed E-state index contributed by atoms with van der Waals surface area (Å²) in [7, 11) is 0. The largest absolute Gasteiger partial charge is 0.310 e. The van der Waals surface area contributed by atoms with Crippen LogP contribution in [-0.4, -0.2) is 30.5 Å². The number of nitrogens with zero attached hydrogens (tertiary/aromatic N) is 4. The Kier molecular flexibility index (Phi) is 6.65. The molecule has 2 heterocycles. The fourth-order valence-electron chi connectivity index (χ4n) is 3.52. The van der Waals surface area contributed by atoms with Gasteiger partial charge in [-0.1, -0.05) is 53.7 Å². The fourth-order valence-corrected chi connectivity index (χ4v) is 4.43. The third-order valence-corrected chi connectivity index (χ3v) is 6.44. The first kappa shape index (κ1) is 22.8. The van der Waals surface area contributed by atoms with Crippen molar-refractivity contribution in [3.8, 4) is 0 Å².